The molecule has 0 radical (unpaired) electrons. The highest BCUT2D eigenvalue weighted by Crippen LogP contribution is 2.34. The molecule has 3 heterocycles. The fourth-order valence-electron chi connectivity index (χ4n) is 2.84. The van der Waals surface area contributed by atoms with E-state index >= 15 is 0 Å². The molecule has 4 aromatic rings. The highest BCUT2D eigenvalue weighted by Gasteiger charge is 2.17. The van der Waals surface area contributed by atoms with Crippen LogP contribution in [0.25, 0.3) is 20.1 Å². The zero-order chi connectivity index (χ0) is 21.8. The minimum atomic E-state index is -0.520. The Hall–Kier alpha value is -2.88. The molecule has 1 amide bonds. The number of rotatable bonds is 8. The van der Waals surface area contributed by atoms with Crippen molar-refractivity contribution in [3.8, 4) is 9.88 Å². The normalized spacial score (nSPS) is 10.9. The van der Waals surface area contributed by atoms with Crippen LogP contribution in [0, 0.1) is 0 Å². The van der Waals surface area contributed by atoms with Crippen LogP contribution < -0.4 is 5.32 Å². The van der Waals surface area contributed by atoms with Crippen molar-refractivity contribution in [1.29, 1.82) is 0 Å². The van der Waals surface area contributed by atoms with E-state index in [0.717, 1.165) is 25.0 Å². The van der Waals surface area contributed by atoms with Gasteiger partial charge in [-0.05, 0) is 42.8 Å². The van der Waals surface area contributed by atoms with Crippen molar-refractivity contribution in [2.45, 2.75) is 13.3 Å². The summed E-state index contributed by atoms with van der Waals surface area (Å²) < 4.78 is 6.32. The Balaban J connectivity index is 1.33. The number of thiazole rings is 1. The van der Waals surface area contributed by atoms with E-state index in [-0.39, 0.29) is 18.3 Å². The number of carbonyl (C=O) groups excluding carboxylic acids is 3. The van der Waals surface area contributed by atoms with Gasteiger partial charge in [0.25, 0.3) is 0 Å². The summed E-state index contributed by atoms with van der Waals surface area (Å²) >= 11 is 4.22. The van der Waals surface area contributed by atoms with Gasteiger partial charge in [0.05, 0.1) is 20.0 Å². The van der Waals surface area contributed by atoms with Crippen molar-refractivity contribution in [1.82, 2.24) is 10.3 Å². The molecule has 9 heteroatoms. The molecule has 31 heavy (non-hydrogen) atoms. The summed E-state index contributed by atoms with van der Waals surface area (Å²) in [6, 6.07) is 15.0. The zero-order valence-electron chi connectivity index (χ0n) is 16.5. The molecule has 6 nitrogen and oxygen atoms in total. The average molecular weight is 471 g/mol. The van der Waals surface area contributed by atoms with Crippen molar-refractivity contribution in [3.63, 3.8) is 0 Å². The summed E-state index contributed by atoms with van der Waals surface area (Å²) in [5.74, 6) is -0.847. The number of ketones is 1. The van der Waals surface area contributed by atoms with E-state index in [2.05, 4.69) is 10.3 Å². The van der Waals surface area contributed by atoms with Gasteiger partial charge in [0.1, 0.15) is 9.88 Å². The van der Waals surface area contributed by atoms with Gasteiger partial charge in [-0.1, -0.05) is 12.1 Å². The van der Waals surface area contributed by atoms with Crippen molar-refractivity contribution in [2.24, 2.45) is 0 Å². The maximum Gasteiger partial charge on any atom is 0.348 e. The number of aromatic nitrogens is 1. The first kappa shape index (κ1) is 21.4. The minimum Gasteiger partial charge on any atom is -0.453 e. The van der Waals surface area contributed by atoms with Crippen molar-refractivity contribution in [2.75, 3.05) is 13.2 Å². The smallest absolute Gasteiger partial charge is 0.348 e. The molecule has 1 aromatic carbocycles. The first-order valence-electron chi connectivity index (χ1n) is 9.49. The fourth-order valence-corrected chi connectivity index (χ4v) is 5.69. The topological polar surface area (TPSA) is 85.4 Å². The van der Waals surface area contributed by atoms with Crippen LogP contribution in [-0.2, 0) is 16.0 Å². The number of nitrogens with zero attached hydrogens (tertiary/aromatic N) is 1. The number of amides is 1. The van der Waals surface area contributed by atoms with Crippen LogP contribution in [0.2, 0.25) is 0 Å². The lowest BCUT2D eigenvalue weighted by atomic mass is 10.3. The molecular weight excluding hydrogens is 452 g/mol. The second-order valence-electron chi connectivity index (χ2n) is 6.65. The summed E-state index contributed by atoms with van der Waals surface area (Å²) in [6.45, 7) is 1.68. The molecule has 1 N–H and O–H groups in total. The molecule has 0 aliphatic heterocycles. The number of Topliss-reactive ketones (excluding diaryl/α,β-unsaturated/α-hetero) is 1. The summed E-state index contributed by atoms with van der Waals surface area (Å²) in [4.78, 5) is 43.1. The van der Waals surface area contributed by atoms with Gasteiger partial charge < -0.3 is 10.1 Å². The predicted molar refractivity (Wildman–Crippen MR) is 124 cm³/mol. The number of esters is 1. The number of benzene rings is 1. The van der Waals surface area contributed by atoms with Crippen LogP contribution in [0.4, 0.5) is 0 Å². The Labute approximate surface area is 190 Å². The van der Waals surface area contributed by atoms with Gasteiger partial charge in [0.15, 0.2) is 6.61 Å². The molecule has 0 bridgehead atoms. The predicted octanol–water partition coefficient (Wildman–Crippen LogP) is 4.80. The highest BCUT2D eigenvalue weighted by atomic mass is 32.1. The summed E-state index contributed by atoms with van der Waals surface area (Å²) in [7, 11) is 0. The quantitative estimate of drug-likeness (QED) is 0.295. The SMILES string of the molecule is CC(=O)NCCc1ccc(C(=O)COC(=O)c2ccc(-c3nc4ccccc4s3)s2)s1. The number of ether oxygens (including phenoxy) is 1. The lowest BCUT2D eigenvalue weighted by Crippen LogP contribution is -2.22. The third kappa shape index (κ3) is 5.25. The van der Waals surface area contributed by atoms with E-state index < -0.39 is 5.97 Å². The first-order valence-corrected chi connectivity index (χ1v) is 11.9. The Bertz CT molecular complexity index is 1220. The van der Waals surface area contributed by atoms with Gasteiger partial charge in [-0.25, -0.2) is 9.78 Å². The van der Waals surface area contributed by atoms with Gasteiger partial charge >= 0.3 is 5.97 Å². The molecule has 0 aliphatic carbocycles. The van der Waals surface area contributed by atoms with Gasteiger partial charge in [0.2, 0.25) is 11.7 Å². The summed E-state index contributed by atoms with van der Waals surface area (Å²) in [6.07, 6.45) is 0.654. The monoisotopic (exact) mass is 470 g/mol. The summed E-state index contributed by atoms with van der Waals surface area (Å²) in [5, 5.41) is 3.58. The van der Waals surface area contributed by atoms with Crippen molar-refractivity contribution in [3.05, 3.63) is 63.2 Å². The molecular formula is C22H18N2O4S3. The maximum absolute atomic E-state index is 12.4. The maximum atomic E-state index is 12.4. The number of para-hydroxylation sites is 1. The average Bonchev–Trinajstić information content (AvgIpc) is 3.50. The number of carbonyl (C=O) groups is 3. The number of hydrogen-bond acceptors (Lipinski definition) is 8. The molecule has 158 valence electrons. The van der Waals surface area contributed by atoms with E-state index in [1.54, 1.807) is 23.5 Å². The molecule has 3 aromatic heterocycles. The molecule has 4 rings (SSSR count). The van der Waals surface area contributed by atoms with E-state index in [9.17, 15) is 14.4 Å². The number of thiophene rings is 2. The molecule has 0 saturated carbocycles. The van der Waals surface area contributed by atoms with E-state index in [0.29, 0.717) is 22.7 Å². The highest BCUT2D eigenvalue weighted by molar-refractivity contribution is 7.26. The second kappa shape index (κ2) is 9.51. The van der Waals surface area contributed by atoms with E-state index in [4.69, 9.17) is 4.74 Å². The van der Waals surface area contributed by atoms with Crippen LogP contribution in [0.15, 0.2) is 48.5 Å². The molecule has 0 saturated heterocycles. The lowest BCUT2D eigenvalue weighted by molar-refractivity contribution is -0.118. The van der Waals surface area contributed by atoms with Crippen molar-refractivity contribution >= 4 is 61.9 Å². The molecule has 0 spiro atoms. The number of hydrogen-bond donors (Lipinski definition) is 1. The largest absolute Gasteiger partial charge is 0.453 e. The lowest BCUT2D eigenvalue weighted by Gasteiger charge is -2.01. The van der Waals surface area contributed by atoms with Gasteiger partial charge in [0, 0.05) is 18.3 Å². The van der Waals surface area contributed by atoms with Crippen LogP contribution in [0.3, 0.4) is 0 Å². The summed E-state index contributed by atoms with van der Waals surface area (Å²) in [5.41, 5.74) is 0.929. The van der Waals surface area contributed by atoms with Crippen LogP contribution >= 0.6 is 34.0 Å². The van der Waals surface area contributed by atoms with Gasteiger partial charge in [-0.3, -0.25) is 9.59 Å². The third-order valence-electron chi connectivity index (χ3n) is 4.33. The van der Waals surface area contributed by atoms with E-state index in [1.165, 1.54) is 29.6 Å². The fraction of sp³-hybridized carbons (Fsp3) is 0.182. The van der Waals surface area contributed by atoms with Crippen LogP contribution in [0.1, 0.15) is 31.1 Å². The first-order chi connectivity index (χ1) is 15.0. The third-order valence-corrected chi connectivity index (χ3v) is 7.78. The molecule has 0 atom stereocenters. The Kier molecular flexibility index (Phi) is 6.55. The second-order valence-corrected chi connectivity index (χ2v) is 9.93. The van der Waals surface area contributed by atoms with Crippen LogP contribution in [-0.4, -0.2) is 35.8 Å². The zero-order valence-corrected chi connectivity index (χ0v) is 19.0. The Morgan fingerprint density at radius 1 is 0.968 bits per heavy atom. The standard InChI is InChI=1S/C22H18N2O4S3/c1-13(25)23-11-10-14-6-7-18(29-14)16(26)12-28-22(27)20-9-8-19(30-20)21-24-15-4-2-3-5-17(15)31-21/h2-9H,10-12H2,1H3,(H,23,25). The van der Waals surface area contributed by atoms with E-state index in [1.807, 2.05) is 36.4 Å². The number of nitrogens with one attached hydrogen (secondary N) is 1. The van der Waals surface area contributed by atoms with Crippen molar-refractivity contribution < 1.29 is 19.1 Å². The Morgan fingerprint density at radius 2 is 1.77 bits per heavy atom. The molecule has 0 fully saturated rings. The van der Waals surface area contributed by atoms with Crippen LogP contribution in [0.5, 0.6) is 0 Å². The Morgan fingerprint density at radius 3 is 2.58 bits per heavy atom. The number of fused-ring (bicyclic) bond motifs is 1. The minimum absolute atomic E-state index is 0.0837. The molecule has 0 aliphatic rings. The van der Waals surface area contributed by atoms with Gasteiger partial charge in [-0.2, -0.15) is 0 Å². The van der Waals surface area contributed by atoms with Gasteiger partial charge in [-0.15, -0.1) is 34.0 Å². The molecule has 0 unspecified atom stereocenters.